The molecule has 0 aliphatic carbocycles. The molecule has 0 atom stereocenters. The number of nitrogens with zero attached hydrogens (tertiary/aromatic N) is 3. The van der Waals surface area contributed by atoms with Crippen molar-refractivity contribution in [3.63, 3.8) is 0 Å². The largest absolute Gasteiger partial charge is 0.236 e. The Morgan fingerprint density at radius 1 is 0.679 bits per heavy atom. The highest BCUT2D eigenvalue weighted by Gasteiger charge is 2.18. The molecule has 0 N–H and O–H groups in total. The first-order valence-corrected chi connectivity index (χ1v) is 9.43. The fourth-order valence-electron chi connectivity index (χ4n) is 3.46. The van der Waals surface area contributed by atoms with E-state index < -0.39 is 0 Å². The van der Waals surface area contributed by atoms with Gasteiger partial charge in [-0.1, -0.05) is 72.3 Å². The van der Waals surface area contributed by atoms with Crippen LogP contribution in [0.15, 0.2) is 97.2 Å². The number of hydrogen-bond donors (Lipinski definition) is 0. The molecular formula is C24H16ClN3. The summed E-state index contributed by atoms with van der Waals surface area (Å²) in [5.41, 5.74) is 5.95. The summed E-state index contributed by atoms with van der Waals surface area (Å²) in [6, 6.07) is 30.3. The van der Waals surface area contributed by atoms with E-state index in [0.717, 1.165) is 39.1 Å². The van der Waals surface area contributed by atoms with Crippen molar-refractivity contribution < 1.29 is 0 Å². The van der Waals surface area contributed by atoms with E-state index in [1.165, 1.54) is 0 Å². The number of aromatic nitrogens is 3. The molecule has 0 fully saturated rings. The molecule has 4 heteroatoms. The standard InChI is InChI=1S/C24H16ClN3/c25-19-13-11-18(12-14-19)23-22-21(17-7-3-1-4-8-17)15-16-26-24(22)28(27-23)20-9-5-2-6-10-20/h1-16H. The van der Waals surface area contributed by atoms with Crippen LogP contribution >= 0.6 is 11.6 Å². The molecule has 0 unspecified atom stereocenters. The van der Waals surface area contributed by atoms with Crippen molar-refractivity contribution >= 4 is 22.6 Å². The lowest BCUT2D eigenvalue weighted by Gasteiger charge is -2.06. The lowest BCUT2D eigenvalue weighted by Crippen LogP contribution is -1.97. The normalized spacial score (nSPS) is 11.0. The van der Waals surface area contributed by atoms with Crippen molar-refractivity contribution in [2.45, 2.75) is 0 Å². The maximum atomic E-state index is 6.11. The number of fused-ring (bicyclic) bond motifs is 1. The van der Waals surface area contributed by atoms with Crippen molar-refractivity contribution in [1.29, 1.82) is 0 Å². The summed E-state index contributed by atoms with van der Waals surface area (Å²) in [6.45, 7) is 0. The second kappa shape index (κ2) is 6.95. The molecule has 0 amide bonds. The van der Waals surface area contributed by atoms with Gasteiger partial charge >= 0.3 is 0 Å². The predicted molar refractivity (Wildman–Crippen MR) is 115 cm³/mol. The first kappa shape index (κ1) is 16.7. The number of para-hydroxylation sites is 1. The van der Waals surface area contributed by atoms with Crippen molar-refractivity contribution in [3.05, 3.63) is 102 Å². The van der Waals surface area contributed by atoms with Crippen LogP contribution in [-0.4, -0.2) is 14.8 Å². The molecule has 0 saturated heterocycles. The minimum atomic E-state index is 0.706. The molecule has 5 aromatic rings. The minimum Gasteiger partial charge on any atom is -0.236 e. The van der Waals surface area contributed by atoms with Crippen LogP contribution in [0.5, 0.6) is 0 Å². The topological polar surface area (TPSA) is 30.7 Å². The highest BCUT2D eigenvalue weighted by molar-refractivity contribution is 6.30. The van der Waals surface area contributed by atoms with Gasteiger partial charge in [-0.25, -0.2) is 9.67 Å². The van der Waals surface area contributed by atoms with Gasteiger partial charge in [0, 0.05) is 16.8 Å². The summed E-state index contributed by atoms with van der Waals surface area (Å²) in [5.74, 6) is 0. The van der Waals surface area contributed by atoms with Crippen LogP contribution in [-0.2, 0) is 0 Å². The summed E-state index contributed by atoms with van der Waals surface area (Å²) in [7, 11) is 0. The van der Waals surface area contributed by atoms with Crippen molar-refractivity contribution in [3.8, 4) is 28.1 Å². The second-order valence-corrected chi connectivity index (χ2v) is 6.96. The van der Waals surface area contributed by atoms with Gasteiger partial charge in [0.15, 0.2) is 5.65 Å². The summed E-state index contributed by atoms with van der Waals surface area (Å²) in [4.78, 5) is 4.68. The van der Waals surface area contributed by atoms with Gasteiger partial charge in [0.25, 0.3) is 0 Å². The Kier molecular flexibility index (Phi) is 4.15. The van der Waals surface area contributed by atoms with E-state index in [-0.39, 0.29) is 0 Å². The Balaban J connectivity index is 1.86. The van der Waals surface area contributed by atoms with Gasteiger partial charge in [0.05, 0.1) is 11.1 Å². The summed E-state index contributed by atoms with van der Waals surface area (Å²) >= 11 is 6.11. The fraction of sp³-hybridized carbons (Fsp3) is 0. The zero-order chi connectivity index (χ0) is 18.9. The van der Waals surface area contributed by atoms with Crippen LogP contribution in [0.4, 0.5) is 0 Å². The SMILES string of the molecule is Clc1ccc(-c2nn(-c3ccccc3)c3nccc(-c4ccccc4)c23)cc1. The Hall–Kier alpha value is -3.43. The van der Waals surface area contributed by atoms with Crippen molar-refractivity contribution in [1.82, 2.24) is 14.8 Å². The Morgan fingerprint density at radius 2 is 1.36 bits per heavy atom. The maximum Gasteiger partial charge on any atom is 0.164 e. The minimum absolute atomic E-state index is 0.706. The highest BCUT2D eigenvalue weighted by atomic mass is 35.5. The van der Waals surface area contributed by atoms with E-state index in [2.05, 4.69) is 17.1 Å². The molecule has 0 aliphatic rings. The van der Waals surface area contributed by atoms with Gasteiger partial charge in [-0.3, -0.25) is 0 Å². The van der Waals surface area contributed by atoms with Gasteiger partial charge in [0.1, 0.15) is 5.69 Å². The average Bonchev–Trinajstić information content (AvgIpc) is 3.15. The molecule has 0 radical (unpaired) electrons. The van der Waals surface area contributed by atoms with Crippen LogP contribution in [0.25, 0.3) is 39.1 Å². The van der Waals surface area contributed by atoms with Crippen LogP contribution < -0.4 is 0 Å². The maximum absolute atomic E-state index is 6.11. The Bertz CT molecular complexity index is 1240. The van der Waals surface area contributed by atoms with E-state index in [1.54, 1.807) is 0 Å². The quantitative estimate of drug-likeness (QED) is 0.361. The molecule has 28 heavy (non-hydrogen) atoms. The third kappa shape index (κ3) is 2.86. The van der Waals surface area contributed by atoms with Crippen molar-refractivity contribution in [2.75, 3.05) is 0 Å². The molecule has 0 saturated carbocycles. The number of benzene rings is 3. The number of pyridine rings is 1. The molecule has 5 rings (SSSR count). The molecule has 3 aromatic carbocycles. The van der Waals surface area contributed by atoms with E-state index in [0.29, 0.717) is 5.02 Å². The van der Waals surface area contributed by atoms with E-state index in [1.807, 2.05) is 89.7 Å². The zero-order valence-corrected chi connectivity index (χ0v) is 15.7. The molecular weight excluding hydrogens is 366 g/mol. The summed E-state index contributed by atoms with van der Waals surface area (Å²) < 4.78 is 1.91. The third-order valence-corrected chi connectivity index (χ3v) is 5.02. The zero-order valence-electron chi connectivity index (χ0n) is 15.0. The summed E-state index contributed by atoms with van der Waals surface area (Å²) in [6.07, 6.45) is 1.84. The fourth-order valence-corrected chi connectivity index (χ4v) is 3.59. The van der Waals surface area contributed by atoms with E-state index >= 15 is 0 Å². The summed E-state index contributed by atoms with van der Waals surface area (Å²) in [5, 5.41) is 6.69. The molecule has 0 spiro atoms. The van der Waals surface area contributed by atoms with Gasteiger partial charge in [-0.05, 0) is 41.5 Å². The smallest absolute Gasteiger partial charge is 0.164 e. The van der Waals surface area contributed by atoms with Crippen LogP contribution in [0.1, 0.15) is 0 Å². The lowest BCUT2D eigenvalue weighted by molar-refractivity contribution is 0.901. The molecule has 134 valence electrons. The first-order valence-electron chi connectivity index (χ1n) is 9.06. The van der Waals surface area contributed by atoms with Crippen LogP contribution in [0.2, 0.25) is 5.02 Å². The number of hydrogen-bond acceptors (Lipinski definition) is 2. The number of halogens is 1. The molecule has 0 bridgehead atoms. The Morgan fingerprint density at radius 3 is 2.07 bits per heavy atom. The Labute approximate surface area is 167 Å². The van der Waals surface area contributed by atoms with E-state index in [9.17, 15) is 0 Å². The van der Waals surface area contributed by atoms with Gasteiger partial charge in [-0.2, -0.15) is 5.10 Å². The molecule has 0 aliphatic heterocycles. The third-order valence-electron chi connectivity index (χ3n) is 4.77. The first-order chi connectivity index (χ1) is 13.8. The monoisotopic (exact) mass is 381 g/mol. The van der Waals surface area contributed by atoms with Gasteiger partial charge in [0.2, 0.25) is 0 Å². The van der Waals surface area contributed by atoms with Crippen molar-refractivity contribution in [2.24, 2.45) is 0 Å². The van der Waals surface area contributed by atoms with Crippen LogP contribution in [0, 0.1) is 0 Å². The molecule has 2 heterocycles. The average molecular weight is 382 g/mol. The van der Waals surface area contributed by atoms with Crippen LogP contribution in [0.3, 0.4) is 0 Å². The highest BCUT2D eigenvalue weighted by Crippen LogP contribution is 2.36. The molecule has 2 aromatic heterocycles. The number of rotatable bonds is 3. The van der Waals surface area contributed by atoms with E-state index in [4.69, 9.17) is 16.7 Å². The second-order valence-electron chi connectivity index (χ2n) is 6.53. The molecule has 3 nitrogen and oxygen atoms in total. The van der Waals surface area contributed by atoms with Gasteiger partial charge in [-0.15, -0.1) is 0 Å². The predicted octanol–water partition coefficient (Wildman–Crippen LogP) is 6.41. The lowest BCUT2D eigenvalue weighted by atomic mass is 10.00. The van der Waals surface area contributed by atoms with Gasteiger partial charge < -0.3 is 0 Å².